The van der Waals surface area contributed by atoms with Crippen molar-refractivity contribution in [3.63, 3.8) is 0 Å². The van der Waals surface area contributed by atoms with Crippen LogP contribution in [0.3, 0.4) is 0 Å². The Bertz CT molecular complexity index is 528. The third-order valence-electron chi connectivity index (χ3n) is 4.05. The first-order valence-corrected chi connectivity index (χ1v) is 6.82. The molecule has 0 unspecified atom stereocenters. The molecule has 0 aromatic rings. The largest absolute Gasteiger partial charge is 0.0988 e. The summed E-state index contributed by atoms with van der Waals surface area (Å²) in [6.07, 6.45) is 8.53. The van der Waals surface area contributed by atoms with Crippen LogP contribution in [0.25, 0.3) is 0 Å². The van der Waals surface area contributed by atoms with Crippen LogP contribution in [0.1, 0.15) is 41.5 Å². The molecule has 0 spiro atoms. The Kier molecular flexibility index (Phi) is 4.57. The molecule has 19 heavy (non-hydrogen) atoms. The predicted octanol–water partition coefficient (Wildman–Crippen LogP) is 5.92. The van der Waals surface area contributed by atoms with Crippen molar-refractivity contribution in [3.8, 4) is 0 Å². The van der Waals surface area contributed by atoms with Gasteiger partial charge in [-0.2, -0.15) is 0 Å². The maximum atomic E-state index is 4.27. The van der Waals surface area contributed by atoms with E-state index < -0.39 is 0 Å². The van der Waals surface area contributed by atoms with Crippen LogP contribution < -0.4 is 0 Å². The summed E-state index contributed by atoms with van der Waals surface area (Å²) in [5.41, 5.74) is 7.61. The van der Waals surface area contributed by atoms with Gasteiger partial charge in [-0.3, -0.25) is 0 Å². The van der Waals surface area contributed by atoms with Crippen molar-refractivity contribution in [2.75, 3.05) is 0 Å². The van der Waals surface area contributed by atoms with Crippen LogP contribution in [0.4, 0.5) is 0 Å². The highest BCUT2D eigenvalue weighted by atomic mass is 14.4. The Balaban J connectivity index is 3.41. The lowest BCUT2D eigenvalue weighted by atomic mass is 9.79. The lowest BCUT2D eigenvalue weighted by molar-refractivity contribution is 0.577. The third kappa shape index (κ3) is 2.89. The van der Waals surface area contributed by atoms with Crippen molar-refractivity contribution < 1.29 is 0 Å². The van der Waals surface area contributed by atoms with Gasteiger partial charge in [0.15, 0.2) is 0 Å². The molecule has 0 saturated carbocycles. The number of hydrogen-bond acceptors (Lipinski definition) is 0. The molecule has 0 aliphatic heterocycles. The SMILES string of the molecule is C=C/C(C)=C\C1=C(C)C(=C)/C(=C\C(C)=C/C)C1(C)C. The molecule has 0 radical (unpaired) electrons. The molecule has 0 saturated heterocycles. The second-order valence-corrected chi connectivity index (χ2v) is 5.83. The monoisotopic (exact) mass is 254 g/mol. The predicted molar refractivity (Wildman–Crippen MR) is 87.1 cm³/mol. The van der Waals surface area contributed by atoms with E-state index in [1.165, 1.54) is 27.9 Å². The molecule has 0 aromatic heterocycles. The third-order valence-corrected chi connectivity index (χ3v) is 4.05. The van der Waals surface area contributed by atoms with Gasteiger partial charge < -0.3 is 0 Å². The van der Waals surface area contributed by atoms with E-state index in [9.17, 15) is 0 Å². The topological polar surface area (TPSA) is 0 Å². The van der Waals surface area contributed by atoms with Crippen LogP contribution in [0.5, 0.6) is 0 Å². The van der Waals surface area contributed by atoms with Gasteiger partial charge in [0.25, 0.3) is 0 Å². The quantitative estimate of drug-likeness (QED) is 0.548. The molecule has 0 atom stereocenters. The molecule has 0 nitrogen and oxygen atoms in total. The molecule has 0 amide bonds. The maximum absolute atomic E-state index is 4.27. The fraction of sp³-hybridized carbons (Fsp3) is 0.368. The maximum Gasteiger partial charge on any atom is 0.0155 e. The minimum atomic E-state index is 0.00963. The van der Waals surface area contributed by atoms with Crippen LogP contribution in [0.2, 0.25) is 0 Å². The molecule has 0 fully saturated rings. The summed E-state index contributed by atoms with van der Waals surface area (Å²) in [6, 6.07) is 0. The van der Waals surface area contributed by atoms with E-state index in [1.807, 2.05) is 6.08 Å². The van der Waals surface area contributed by atoms with Gasteiger partial charge in [0.1, 0.15) is 0 Å². The molecule has 0 heteroatoms. The van der Waals surface area contributed by atoms with Gasteiger partial charge in [-0.1, -0.05) is 62.5 Å². The van der Waals surface area contributed by atoms with Crippen LogP contribution in [-0.4, -0.2) is 0 Å². The highest BCUT2D eigenvalue weighted by Crippen LogP contribution is 2.50. The summed E-state index contributed by atoms with van der Waals surface area (Å²) in [7, 11) is 0. The van der Waals surface area contributed by atoms with Gasteiger partial charge >= 0.3 is 0 Å². The Morgan fingerprint density at radius 1 is 1.16 bits per heavy atom. The number of allylic oxidation sites excluding steroid dienone is 10. The minimum absolute atomic E-state index is 0.00963. The van der Waals surface area contributed by atoms with E-state index in [0.29, 0.717) is 0 Å². The van der Waals surface area contributed by atoms with E-state index in [2.05, 4.69) is 72.9 Å². The van der Waals surface area contributed by atoms with Gasteiger partial charge in [-0.15, -0.1) is 0 Å². The van der Waals surface area contributed by atoms with Gasteiger partial charge in [0.2, 0.25) is 0 Å². The van der Waals surface area contributed by atoms with Gasteiger partial charge in [0.05, 0.1) is 0 Å². The molecule has 0 heterocycles. The summed E-state index contributed by atoms with van der Waals surface area (Å²) < 4.78 is 0. The standard InChI is InChI=1S/C19H26/c1-9-13(3)11-17-15(5)16(6)18(19(17,7)8)12-14(4)10-2/h9-12H,1,6H2,2-5,7-8H3/b13-11-,14-10-,18-12+. The molecular weight excluding hydrogens is 228 g/mol. The van der Waals surface area contributed by atoms with Crippen LogP contribution in [-0.2, 0) is 0 Å². The van der Waals surface area contributed by atoms with Gasteiger partial charge in [-0.05, 0) is 50.0 Å². The minimum Gasteiger partial charge on any atom is -0.0988 e. The van der Waals surface area contributed by atoms with Crippen molar-refractivity contribution in [1.82, 2.24) is 0 Å². The van der Waals surface area contributed by atoms with Crippen molar-refractivity contribution in [3.05, 3.63) is 70.9 Å². The van der Waals surface area contributed by atoms with E-state index in [4.69, 9.17) is 0 Å². The Hall–Kier alpha value is -1.56. The van der Waals surface area contributed by atoms with Crippen molar-refractivity contribution >= 4 is 0 Å². The normalized spacial score (nSPS) is 22.4. The number of hydrogen-bond donors (Lipinski definition) is 0. The van der Waals surface area contributed by atoms with E-state index >= 15 is 0 Å². The fourth-order valence-corrected chi connectivity index (χ4v) is 2.51. The van der Waals surface area contributed by atoms with Crippen LogP contribution >= 0.6 is 0 Å². The van der Waals surface area contributed by atoms with Gasteiger partial charge in [-0.25, -0.2) is 0 Å². The first-order chi connectivity index (χ1) is 8.75. The molecule has 0 aromatic carbocycles. The van der Waals surface area contributed by atoms with E-state index in [-0.39, 0.29) is 5.41 Å². The average Bonchev–Trinajstić information content (AvgIpc) is 2.52. The lowest BCUT2D eigenvalue weighted by Crippen LogP contribution is -2.12. The summed E-state index contributed by atoms with van der Waals surface area (Å²) in [4.78, 5) is 0. The van der Waals surface area contributed by atoms with Crippen molar-refractivity contribution in [1.29, 1.82) is 0 Å². The van der Waals surface area contributed by atoms with Crippen LogP contribution in [0.15, 0.2) is 70.9 Å². The molecule has 1 aliphatic carbocycles. The summed E-state index contributed by atoms with van der Waals surface area (Å²) in [6.45, 7) is 21.1. The van der Waals surface area contributed by atoms with Crippen LogP contribution in [0, 0.1) is 5.41 Å². The summed E-state index contributed by atoms with van der Waals surface area (Å²) in [5.74, 6) is 0. The molecule has 102 valence electrons. The lowest BCUT2D eigenvalue weighted by Gasteiger charge is -2.24. The first kappa shape index (κ1) is 15.5. The highest BCUT2D eigenvalue weighted by Gasteiger charge is 2.36. The molecular formula is C19H26. The zero-order valence-electron chi connectivity index (χ0n) is 13.2. The smallest absolute Gasteiger partial charge is 0.0155 e. The Morgan fingerprint density at radius 2 is 1.74 bits per heavy atom. The van der Waals surface area contributed by atoms with Crippen molar-refractivity contribution in [2.24, 2.45) is 5.41 Å². The average molecular weight is 254 g/mol. The number of rotatable bonds is 3. The summed E-state index contributed by atoms with van der Waals surface area (Å²) in [5, 5.41) is 0. The molecule has 0 N–H and O–H groups in total. The zero-order valence-corrected chi connectivity index (χ0v) is 13.2. The Morgan fingerprint density at radius 3 is 2.21 bits per heavy atom. The van der Waals surface area contributed by atoms with E-state index in [0.717, 1.165) is 5.57 Å². The molecule has 1 aliphatic rings. The van der Waals surface area contributed by atoms with Gasteiger partial charge in [0, 0.05) is 5.41 Å². The molecule has 0 bridgehead atoms. The zero-order chi connectivity index (χ0) is 14.8. The van der Waals surface area contributed by atoms with E-state index in [1.54, 1.807) is 0 Å². The summed E-state index contributed by atoms with van der Waals surface area (Å²) >= 11 is 0. The fourth-order valence-electron chi connectivity index (χ4n) is 2.51. The highest BCUT2D eigenvalue weighted by molar-refractivity contribution is 5.64. The second-order valence-electron chi connectivity index (χ2n) is 5.83. The second kappa shape index (κ2) is 5.61. The molecule has 1 rings (SSSR count). The first-order valence-electron chi connectivity index (χ1n) is 6.82. The Labute approximate surface area is 118 Å². The van der Waals surface area contributed by atoms with Crippen molar-refractivity contribution in [2.45, 2.75) is 41.5 Å².